The number of hydrogen-bond acceptors (Lipinski definition) is 6. The van der Waals surface area contributed by atoms with E-state index in [0.717, 1.165) is 13.8 Å². The quantitative estimate of drug-likeness (QED) is 0.450. The summed E-state index contributed by atoms with van der Waals surface area (Å²) in [4.78, 5) is 22.4. The first-order chi connectivity index (χ1) is 7.53. The molecule has 17 heavy (non-hydrogen) atoms. The van der Waals surface area contributed by atoms with E-state index in [9.17, 15) is 24.9 Å². The zero-order valence-corrected chi connectivity index (χ0v) is 10.5. The Hall–Kier alpha value is -0.530. The molecule has 0 rings (SSSR count). The first kappa shape index (κ1) is 16.5. The maximum Gasteiger partial charge on any atom is 0.209 e. The number of halogens is 1. The van der Waals surface area contributed by atoms with Gasteiger partial charge in [-0.3, -0.25) is 9.59 Å². The number of carbonyl (C=O) groups is 2. The van der Waals surface area contributed by atoms with Crippen LogP contribution in [0.5, 0.6) is 0 Å². The molecule has 0 fully saturated rings. The lowest BCUT2D eigenvalue weighted by molar-refractivity contribution is -0.154. The number of Topliss-reactive ketones (excluding diaryl/α,β-unsaturated/α-hetero) is 2. The van der Waals surface area contributed by atoms with Crippen molar-refractivity contribution in [2.45, 2.75) is 44.1 Å². The van der Waals surface area contributed by atoms with Crippen molar-refractivity contribution in [2.75, 3.05) is 0 Å². The first-order valence-electron chi connectivity index (χ1n) is 5.00. The van der Waals surface area contributed by atoms with Crippen molar-refractivity contribution in [2.24, 2.45) is 5.92 Å². The van der Waals surface area contributed by atoms with Crippen LogP contribution in [0.2, 0.25) is 0 Å². The molecule has 0 saturated heterocycles. The molecule has 0 saturated carbocycles. The lowest BCUT2D eigenvalue weighted by Crippen LogP contribution is -2.54. The molecule has 0 aliphatic heterocycles. The number of rotatable bonds is 6. The molecular weight excluding hydrogens is 252 g/mol. The highest BCUT2D eigenvalue weighted by Gasteiger charge is 2.49. The molecule has 5 atom stereocenters. The molecule has 0 aliphatic carbocycles. The molecule has 0 aromatic carbocycles. The van der Waals surface area contributed by atoms with Crippen LogP contribution in [0.15, 0.2) is 0 Å². The molecule has 0 aromatic heterocycles. The maximum atomic E-state index is 11.3. The van der Waals surface area contributed by atoms with E-state index in [2.05, 4.69) is 0 Å². The molecule has 4 N–H and O–H groups in total. The minimum Gasteiger partial charge on any atom is -0.391 e. The van der Waals surface area contributed by atoms with Crippen LogP contribution in [0.4, 0.5) is 0 Å². The van der Waals surface area contributed by atoms with Gasteiger partial charge in [0.05, 0.1) is 18.1 Å². The van der Waals surface area contributed by atoms with Gasteiger partial charge in [0.15, 0.2) is 5.78 Å². The SMILES string of the molecule is CC(=O)C([C@@H](O)[C@H](O)[C@@H](C)O)C(O)(Cl)C(C)=O. The number of aliphatic hydroxyl groups excluding tert-OH is 3. The van der Waals surface area contributed by atoms with Crippen LogP contribution in [0.1, 0.15) is 20.8 Å². The predicted molar refractivity (Wildman–Crippen MR) is 59.3 cm³/mol. The van der Waals surface area contributed by atoms with E-state index in [1.807, 2.05) is 0 Å². The monoisotopic (exact) mass is 268 g/mol. The highest BCUT2D eigenvalue weighted by atomic mass is 35.5. The third-order valence-electron chi connectivity index (χ3n) is 2.53. The fourth-order valence-electron chi connectivity index (χ4n) is 1.44. The van der Waals surface area contributed by atoms with Crippen LogP contribution in [-0.2, 0) is 9.59 Å². The Balaban J connectivity index is 5.26. The number of carbonyl (C=O) groups excluding carboxylic acids is 2. The van der Waals surface area contributed by atoms with Crippen molar-refractivity contribution in [1.29, 1.82) is 0 Å². The molecule has 0 bridgehead atoms. The van der Waals surface area contributed by atoms with Gasteiger partial charge in [-0.2, -0.15) is 0 Å². The second kappa shape index (κ2) is 5.88. The average Bonchev–Trinajstić information content (AvgIpc) is 2.14. The summed E-state index contributed by atoms with van der Waals surface area (Å²) in [5.41, 5.74) is 0. The van der Waals surface area contributed by atoms with Gasteiger partial charge in [-0.15, -0.1) is 0 Å². The number of alkyl halides is 1. The van der Waals surface area contributed by atoms with Crippen molar-refractivity contribution < 1.29 is 30.0 Å². The number of ketones is 2. The van der Waals surface area contributed by atoms with Crippen molar-refractivity contribution in [3.8, 4) is 0 Å². The Morgan fingerprint density at radius 1 is 1.12 bits per heavy atom. The molecule has 0 spiro atoms. The third kappa shape index (κ3) is 3.72. The summed E-state index contributed by atoms with van der Waals surface area (Å²) in [5.74, 6) is -3.42. The second-order valence-electron chi connectivity index (χ2n) is 4.04. The molecule has 100 valence electrons. The van der Waals surface area contributed by atoms with Crippen LogP contribution in [-0.4, -0.2) is 55.4 Å². The summed E-state index contributed by atoms with van der Waals surface area (Å²) in [5, 5.41) is 35.3. The molecule has 0 radical (unpaired) electrons. The Labute approximate surface area is 104 Å². The van der Waals surface area contributed by atoms with Gasteiger partial charge in [0.25, 0.3) is 0 Å². The van der Waals surface area contributed by atoms with E-state index in [0.29, 0.717) is 0 Å². The molecule has 0 aliphatic rings. The highest BCUT2D eigenvalue weighted by molar-refractivity contribution is 6.35. The van der Waals surface area contributed by atoms with Crippen molar-refractivity contribution in [3.05, 3.63) is 0 Å². The van der Waals surface area contributed by atoms with Crippen LogP contribution >= 0.6 is 11.6 Å². The van der Waals surface area contributed by atoms with Gasteiger partial charge >= 0.3 is 0 Å². The summed E-state index contributed by atoms with van der Waals surface area (Å²) < 4.78 is 0. The summed E-state index contributed by atoms with van der Waals surface area (Å²) in [7, 11) is 0. The molecule has 0 amide bonds. The zero-order chi connectivity index (χ0) is 14.0. The topological polar surface area (TPSA) is 115 Å². The van der Waals surface area contributed by atoms with Gasteiger partial charge in [0, 0.05) is 0 Å². The zero-order valence-electron chi connectivity index (χ0n) is 9.79. The Bertz CT molecular complexity index is 301. The Morgan fingerprint density at radius 3 is 1.76 bits per heavy atom. The van der Waals surface area contributed by atoms with E-state index in [4.69, 9.17) is 16.7 Å². The summed E-state index contributed by atoms with van der Waals surface area (Å²) in [6.07, 6.45) is -4.89. The largest absolute Gasteiger partial charge is 0.391 e. The smallest absolute Gasteiger partial charge is 0.209 e. The Morgan fingerprint density at radius 2 is 1.53 bits per heavy atom. The van der Waals surface area contributed by atoms with Crippen molar-refractivity contribution >= 4 is 23.2 Å². The molecule has 2 unspecified atom stereocenters. The second-order valence-corrected chi connectivity index (χ2v) is 4.62. The fraction of sp³-hybridized carbons (Fsp3) is 0.800. The summed E-state index contributed by atoms with van der Waals surface area (Å²) in [6, 6.07) is 0. The van der Waals surface area contributed by atoms with Gasteiger partial charge in [0.2, 0.25) is 5.06 Å². The lowest BCUT2D eigenvalue weighted by Gasteiger charge is -2.33. The van der Waals surface area contributed by atoms with Crippen LogP contribution in [0, 0.1) is 5.92 Å². The van der Waals surface area contributed by atoms with Gasteiger partial charge in [-0.1, -0.05) is 11.6 Å². The minimum atomic E-state index is -2.61. The molecule has 7 heteroatoms. The molecule has 6 nitrogen and oxygen atoms in total. The third-order valence-corrected chi connectivity index (χ3v) is 3.03. The van der Waals surface area contributed by atoms with Gasteiger partial charge in [-0.25, -0.2) is 0 Å². The van der Waals surface area contributed by atoms with E-state index in [-0.39, 0.29) is 0 Å². The normalized spacial score (nSPS) is 22.1. The van der Waals surface area contributed by atoms with E-state index >= 15 is 0 Å². The van der Waals surface area contributed by atoms with E-state index < -0.39 is 40.9 Å². The number of aliphatic hydroxyl groups is 4. The summed E-state index contributed by atoms with van der Waals surface area (Å²) in [6.45, 7) is 3.15. The molecule has 0 aromatic rings. The molecule has 0 heterocycles. The lowest BCUT2D eigenvalue weighted by atomic mass is 9.85. The van der Waals surface area contributed by atoms with Gasteiger partial charge in [-0.05, 0) is 20.8 Å². The van der Waals surface area contributed by atoms with Crippen molar-refractivity contribution in [3.63, 3.8) is 0 Å². The Kier molecular flexibility index (Phi) is 5.70. The highest BCUT2D eigenvalue weighted by Crippen LogP contribution is 2.29. The van der Waals surface area contributed by atoms with Crippen LogP contribution in [0.3, 0.4) is 0 Å². The van der Waals surface area contributed by atoms with Crippen molar-refractivity contribution in [1.82, 2.24) is 0 Å². The van der Waals surface area contributed by atoms with Crippen LogP contribution in [0.25, 0.3) is 0 Å². The number of hydrogen-bond donors (Lipinski definition) is 4. The van der Waals surface area contributed by atoms with Gasteiger partial charge in [0.1, 0.15) is 11.9 Å². The minimum absolute atomic E-state index is 0.773. The van der Waals surface area contributed by atoms with Crippen LogP contribution < -0.4 is 0 Å². The molecular formula is C10H17ClO6. The van der Waals surface area contributed by atoms with E-state index in [1.165, 1.54) is 6.92 Å². The predicted octanol–water partition coefficient (Wildman–Crippen LogP) is -1.19. The summed E-state index contributed by atoms with van der Waals surface area (Å²) >= 11 is 5.51. The van der Waals surface area contributed by atoms with E-state index in [1.54, 1.807) is 0 Å². The first-order valence-corrected chi connectivity index (χ1v) is 5.38. The standard InChI is InChI=1S/C10H17ClO6/c1-4(12)7(10(11,17)6(3)14)9(16)8(15)5(2)13/h5,7-9,13,15-17H,1-3H3/t5-,7?,8-,9-,10?/m1/s1. The fourth-order valence-corrected chi connectivity index (χ4v) is 1.72. The average molecular weight is 269 g/mol. The maximum absolute atomic E-state index is 11.3. The van der Waals surface area contributed by atoms with Gasteiger partial charge < -0.3 is 20.4 Å².